The van der Waals surface area contributed by atoms with Gasteiger partial charge in [0.05, 0.1) is 29.4 Å². The van der Waals surface area contributed by atoms with E-state index in [2.05, 4.69) is 57.6 Å². The molecule has 0 spiro atoms. The van der Waals surface area contributed by atoms with Crippen LogP contribution < -0.4 is 5.32 Å². The molecule has 33 heavy (non-hydrogen) atoms. The highest BCUT2D eigenvalue weighted by Crippen LogP contribution is 2.27. The maximum Gasteiger partial charge on any atom is 0.321 e. The largest absolute Gasteiger partial charge is 0.346 e. The molecule has 2 aromatic heterocycles. The van der Waals surface area contributed by atoms with Crippen molar-refractivity contribution >= 4 is 24.9 Å². The van der Waals surface area contributed by atoms with Gasteiger partial charge in [-0.1, -0.05) is 19.6 Å². The van der Waals surface area contributed by atoms with Crippen molar-refractivity contribution < 1.29 is 13.6 Å². The molecule has 3 rings (SSSR count). The van der Waals surface area contributed by atoms with Crippen molar-refractivity contribution in [2.75, 3.05) is 0 Å². The summed E-state index contributed by atoms with van der Waals surface area (Å²) in [6.45, 7) is 8.49. The number of carbonyl (C=O) groups excluding carboxylic acids is 1. The lowest BCUT2D eigenvalue weighted by Crippen LogP contribution is -2.46. The fraction of sp³-hybridized carbons (Fsp3) is 0.348. The Balaban J connectivity index is 2.05. The molecule has 0 radical (unpaired) electrons. The molecule has 1 aromatic carbocycles. The molecule has 3 aromatic rings. The number of amides is 1. The minimum atomic E-state index is -3.53. The third-order valence-corrected chi connectivity index (χ3v) is 5.66. The highest BCUT2D eigenvalue weighted by Gasteiger charge is 2.35. The van der Waals surface area contributed by atoms with Crippen LogP contribution in [0.2, 0.25) is 19.6 Å². The molecule has 2 unspecified atom stereocenters. The summed E-state index contributed by atoms with van der Waals surface area (Å²) in [6.07, 6.45) is 4.71. The van der Waals surface area contributed by atoms with E-state index in [-0.39, 0.29) is 0 Å². The number of halogens is 2. The SMILES string of the molecule is CC(NC(=O)C(C)(F)F)C(c1cnc(C#C[Si](C)(C)C)nc1)n1ncc2cc(C#N)ccc21. The molecule has 170 valence electrons. The predicted octanol–water partition coefficient (Wildman–Crippen LogP) is 3.68. The maximum absolute atomic E-state index is 13.6. The molecule has 0 bridgehead atoms. The van der Waals surface area contributed by atoms with E-state index in [9.17, 15) is 13.6 Å². The van der Waals surface area contributed by atoms with Gasteiger partial charge in [0.25, 0.3) is 5.91 Å². The van der Waals surface area contributed by atoms with Crippen molar-refractivity contribution in [2.45, 2.75) is 51.5 Å². The highest BCUT2D eigenvalue weighted by atomic mass is 28.3. The Hall–Kier alpha value is -3.63. The maximum atomic E-state index is 13.6. The van der Waals surface area contributed by atoms with E-state index in [0.29, 0.717) is 34.8 Å². The molecular weight excluding hydrogens is 442 g/mol. The zero-order valence-corrected chi connectivity index (χ0v) is 20.0. The summed E-state index contributed by atoms with van der Waals surface area (Å²) in [5.41, 5.74) is 4.90. The van der Waals surface area contributed by atoms with Gasteiger partial charge in [0.2, 0.25) is 5.82 Å². The number of hydrogen-bond acceptors (Lipinski definition) is 5. The first-order valence-electron chi connectivity index (χ1n) is 10.3. The molecule has 2 atom stereocenters. The van der Waals surface area contributed by atoms with Crippen LogP contribution in [0, 0.1) is 22.8 Å². The predicted molar refractivity (Wildman–Crippen MR) is 123 cm³/mol. The number of rotatable bonds is 5. The third kappa shape index (κ3) is 5.79. The average molecular weight is 467 g/mol. The van der Waals surface area contributed by atoms with Crippen LogP contribution >= 0.6 is 0 Å². The Morgan fingerprint density at radius 1 is 1.21 bits per heavy atom. The molecule has 0 aliphatic carbocycles. The summed E-state index contributed by atoms with van der Waals surface area (Å²) < 4.78 is 28.7. The fourth-order valence-electron chi connectivity index (χ4n) is 3.20. The fourth-order valence-corrected chi connectivity index (χ4v) is 3.68. The second-order valence-corrected chi connectivity index (χ2v) is 13.7. The van der Waals surface area contributed by atoms with Gasteiger partial charge in [-0.25, -0.2) is 9.97 Å². The number of nitrogens with zero attached hydrogens (tertiary/aromatic N) is 5. The van der Waals surface area contributed by atoms with E-state index < -0.39 is 32.0 Å². The molecule has 0 saturated heterocycles. The van der Waals surface area contributed by atoms with Crippen molar-refractivity contribution in [1.29, 1.82) is 5.26 Å². The number of alkyl halides is 2. The zero-order chi connectivity index (χ0) is 24.4. The second kappa shape index (κ2) is 9.08. The Labute approximate surface area is 191 Å². The van der Waals surface area contributed by atoms with Crippen molar-refractivity contribution in [3.63, 3.8) is 0 Å². The van der Waals surface area contributed by atoms with E-state index in [1.165, 1.54) is 0 Å². The molecule has 1 N–H and O–H groups in total. The Kier molecular flexibility index (Phi) is 6.61. The van der Waals surface area contributed by atoms with E-state index in [0.717, 1.165) is 0 Å². The van der Waals surface area contributed by atoms with Crippen LogP contribution in [0.3, 0.4) is 0 Å². The summed E-state index contributed by atoms with van der Waals surface area (Å²) in [7, 11) is -1.61. The first-order valence-corrected chi connectivity index (χ1v) is 13.8. The normalized spacial score (nSPS) is 13.5. The molecule has 0 fully saturated rings. The van der Waals surface area contributed by atoms with E-state index >= 15 is 0 Å². The highest BCUT2D eigenvalue weighted by molar-refractivity contribution is 6.83. The van der Waals surface area contributed by atoms with Crippen molar-refractivity contribution in [3.05, 3.63) is 53.7 Å². The third-order valence-electron chi connectivity index (χ3n) is 4.78. The summed E-state index contributed by atoms with van der Waals surface area (Å²) >= 11 is 0. The molecule has 0 aliphatic rings. The number of nitrogens with one attached hydrogen (secondary N) is 1. The van der Waals surface area contributed by atoms with Gasteiger partial charge in [0.1, 0.15) is 14.1 Å². The smallest absolute Gasteiger partial charge is 0.321 e. The van der Waals surface area contributed by atoms with Crippen LogP contribution in [0.15, 0.2) is 36.8 Å². The molecule has 2 heterocycles. The minimum absolute atomic E-state index is 0.362. The van der Waals surface area contributed by atoms with Gasteiger partial charge >= 0.3 is 5.92 Å². The molecule has 1 amide bonds. The van der Waals surface area contributed by atoms with Crippen LogP contribution in [0.25, 0.3) is 10.9 Å². The summed E-state index contributed by atoms with van der Waals surface area (Å²) in [4.78, 5) is 20.6. The summed E-state index contributed by atoms with van der Waals surface area (Å²) in [5, 5.41) is 16.7. The standard InChI is InChI=1S/C23H24F2N6OSi/c1-15(30-22(32)23(2,24)25)21(18-12-27-20(28-13-18)8-9-33(3,4)5)31-19-7-6-16(11-26)10-17(19)14-29-31/h6-7,10,12-15,21H,1-5H3,(H,30,32). The van der Waals surface area contributed by atoms with Gasteiger partial charge in [-0.2, -0.15) is 19.1 Å². The number of aromatic nitrogens is 4. The van der Waals surface area contributed by atoms with Gasteiger partial charge in [-0.3, -0.25) is 9.48 Å². The Morgan fingerprint density at radius 3 is 2.45 bits per heavy atom. The van der Waals surface area contributed by atoms with E-state index in [4.69, 9.17) is 5.26 Å². The van der Waals surface area contributed by atoms with Gasteiger partial charge in [0.15, 0.2) is 0 Å². The van der Waals surface area contributed by atoms with Gasteiger partial charge in [-0.15, -0.1) is 5.54 Å². The van der Waals surface area contributed by atoms with Crippen LogP contribution in [-0.2, 0) is 4.79 Å². The van der Waals surface area contributed by atoms with Gasteiger partial charge in [0, 0.05) is 30.3 Å². The first kappa shape index (κ1) is 24.0. The number of hydrogen-bond donors (Lipinski definition) is 1. The number of fused-ring (bicyclic) bond motifs is 1. The first-order chi connectivity index (χ1) is 15.4. The number of carbonyl (C=O) groups is 1. The van der Waals surface area contributed by atoms with E-state index in [1.807, 2.05) is 0 Å². The number of nitriles is 1. The van der Waals surface area contributed by atoms with Crippen LogP contribution in [0.5, 0.6) is 0 Å². The lowest BCUT2D eigenvalue weighted by molar-refractivity contribution is -0.143. The van der Waals surface area contributed by atoms with Crippen molar-refractivity contribution in [3.8, 4) is 17.5 Å². The summed E-state index contributed by atoms with van der Waals surface area (Å²) in [5.74, 6) is -1.58. The van der Waals surface area contributed by atoms with Gasteiger partial charge < -0.3 is 5.32 Å². The molecular formula is C23H24F2N6OSi. The molecule has 7 nitrogen and oxygen atoms in total. The van der Waals surface area contributed by atoms with Crippen LogP contribution in [0.1, 0.15) is 36.8 Å². The Morgan fingerprint density at radius 2 is 1.88 bits per heavy atom. The quantitative estimate of drug-likeness (QED) is 0.457. The molecule has 0 saturated carbocycles. The lowest BCUT2D eigenvalue weighted by Gasteiger charge is -2.27. The lowest BCUT2D eigenvalue weighted by atomic mass is 10.0. The Bertz CT molecular complexity index is 1270. The average Bonchev–Trinajstić information content (AvgIpc) is 3.15. The van der Waals surface area contributed by atoms with Crippen LogP contribution in [-0.4, -0.2) is 45.7 Å². The van der Waals surface area contributed by atoms with Crippen molar-refractivity contribution in [2.24, 2.45) is 0 Å². The van der Waals surface area contributed by atoms with Gasteiger partial charge in [-0.05, 0) is 31.0 Å². The zero-order valence-electron chi connectivity index (χ0n) is 19.0. The minimum Gasteiger partial charge on any atom is -0.346 e. The second-order valence-electron chi connectivity index (χ2n) is 8.91. The topological polar surface area (TPSA) is 96.5 Å². The number of benzene rings is 1. The molecule has 10 heteroatoms. The van der Waals surface area contributed by atoms with Crippen molar-refractivity contribution in [1.82, 2.24) is 25.1 Å². The van der Waals surface area contributed by atoms with Crippen LogP contribution in [0.4, 0.5) is 8.78 Å². The molecule has 0 aliphatic heterocycles. The monoisotopic (exact) mass is 466 g/mol. The van der Waals surface area contributed by atoms with E-state index in [1.54, 1.807) is 48.4 Å². The summed E-state index contributed by atoms with van der Waals surface area (Å²) in [6, 6.07) is 5.68.